The van der Waals surface area contributed by atoms with Crippen LogP contribution in [-0.4, -0.2) is 35.9 Å². The van der Waals surface area contributed by atoms with Crippen LogP contribution in [0.25, 0.3) is 0 Å². The number of methoxy groups -OCH3 is 1. The summed E-state index contributed by atoms with van der Waals surface area (Å²) in [6.07, 6.45) is 3.88. The molecule has 2 rings (SSSR count). The lowest BCUT2D eigenvalue weighted by molar-refractivity contribution is -0.145. The molecule has 0 amide bonds. The average molecular weight is 237 g/mol. The second-order valence-corrected chi connectivity index (χ2v) is 4.74. The molecule has 1 aliphatic rings. The zero-order chi connectivity index (χ0) is 12.4. The predicted molar refractivity (Wildman–Crippen MR) is 63.7 cm³/mol. The number of nitrogens with zero attached hydrogens (tertiary/aromatic N) is 2. The Morgan fingerprint density at radius 3 is 2.94 bits per heavy atom. The zero-order valence-corrected chi connectivity index (χ0v) is 10.5. The Hall–Kier alpha value is -1.36. The first-order valence-corrected chi connectivity index (χ1v) is 5.96. The van der Waals surface area contributed by atoms with Gasteiger partial charge in [-0.2, -0.15) is 5.10 Å². The van der Waals surface area contributed by atoms with Crippen LogP contribution in [0, 0.1) is 5.92 Å². The van der Waals surface area contributed by atoms with Crippen molar-refractivity contribution in [2.24, 2.45) is 5.92 Å². The van der Waals surface area contributed by atoms with Crippen molar-refractivity contribution < 1.29 is 9.53 Å². The van der Waals surface area contributed by atoms with Gasteiger partial charge < -0.3 is 10.1 Å². The van der Waals surface area contributed by atoms with E-state index in [9.17, 15) is 4.79 Å². The normalized spacial score (nSPS) is 24.2. The molecule has 2 heterocycles. The minimum absolute atomic E-state index is 0.0928. The quantitative estimate of drug-likeness (QED) is 0.795. The molecule has 2 atom stereocenters. The van der Waals surface area contributed by atoms with Gasteiger partial charge in [-0.05, 0) is 19.4 Å². The van der Waals surface area contributed by atoms with E-state index in [1.165, 1.54) is 7.11 Å². The third-order valence-corrected chi connectivity index (χ3v) is 3.30. The van der Waals surface area contributed by atoms with E-state index in [-0.39, 0.29) is 17.8 Å². The average Bonchev–Trinajstić information content (AvgIpc) is 2.95. The van der Waals surface area contributed by atoms with E-state index in [4.69, 9.17) is 4.74 Å². The van der Waals surface area contributed by atoms with Gasteiger partial charge in [0.1, 0.15) is 0 Å². The molecule has 0 aliphatic carbocycles. The first-order valence-electron chi connectivity index (χ1n) is 5.96. The molecule has 0 spiro atoms. The van der Waals surface area contributed by atoms with Gasteiger partial charge in [0.2, 0.25) is 0 Å². The molecule has 1 fully saturated rings. The lowest BCUT2D eigenvalue weighted by Crippen LogP contribution is -2.22. The molecule has 1 aromatic heterocycles. The van der Waals surface area contributed by atoms with Crippen LogP contribution in [0.2, 0.25) is 0 Å². The summed E-state index contributed by atoms with van der Waals surface area (Å²) in [5, 5.41) is 7.55. The molecular weight excluding hydrogens is 218 g/mol. The fourth-order valence-electron chi connectivity index (χ4n) is 2.25. The number of carbonyl (C=O) groups excluding carboxylic acids is 1. The SMILES string of the molecule is COC(=O)C1CNCC1c1cnn(C(C)C)c1. The van der Waals surface area contributed by atoms with E-state index < -0.39 is 0 Å². The highest BCUT2D eigenvalue weighted by Gasteiger charge is 2.35. The van der Waals surface area contributed by atoms with Crippen molar-refractivity contribution >= 4 is 5.97 Å². The van der Waals surface area contributed by atoms with E-state index >= 15 is 0 Å². The molecule has 5 heteroatoms. The topological polar surface area (TPSA) is 56.1 Å². The highest BCUT2D eigenvalue weighted by Crippen LogP contribution is 2.29. The molecule has 94 valence electrons. The summed E-state index contributed by atoms with van der Waals surface area (Å²) in [6.45, 7) is 5.66. The molecule has 1 aromatic rings. The zero-order valence-electron chi connectivity index (χ0n) is 10.5. The minimum atomic E-state index is -0.141. The fourth-order valence-corrected chi connectivity index (χ4v) is 2.25. The van der Waals surface area contributed by atoms with Crippen molar-refractivity contribution in [3.05, 3.63) is 18.0 Å². The maximum absolute atomic E-state index is 11.6. The van der Waals surface area contributed by atoms with Crippen LogP contribution in [0.3, 0.4) is 0 Å². The lowest BCUT2D eigenvalue weighted by Gasteiger charge is -2.14. The maximum atomic E-state index is 11.6. The summed E-state index contributed by atoms with van der Waals surface area (Å²) < 4.78 is 6.75. The molecule has 2 unspecified atom stereocenters. The molecule has 0 aromatic carbocycles. The van der Waals surface area contributed by atoms with Crippen LogP contribution in [0.1, 0.15) is 31.4 Å². The summed E-state index contributed by atoms with van der Waals surface area (Å²) in [5.74, 6) is -0.0583. The number of esters is 1. The van der Waals surface area contributed by atoms with Gasteiger partial charge in [-0.25, -0.2) is 0 Å². The summed E-state index contributed by atoms with van der Waals surface area (Å²) >= 11 is 0. The van der Waals surface area contributed by atoms with Gasteiger partial charge in [0, 0.05) is 31.2 Å². The van der Waals surface area contributed by atoms with Crippen molar-refractivity contribution in [2.45, 2.75) is 25.8 Å². The molecule has 1 aliphatic heterocycles. The van der Waals surface area contributed by atoms with Crippen molar-refractivity contribution in [1.82, 2.24) is 15.1 Å². The van der Waals surface area contributed by atoms with Gasteiger partial charge in [0.05, 0.1) is 19.2 Å². The molecule has 1 N–H and O–H groups in total. The maximum Gasteiger partial charge on any atom is 0.310 e. The van der Waals surface area contributed by atoms with E-state index in [1.54, 1.807) is 0 Å². The Kier molecular flexibility index (Phi) is 3.47. The van der Waals surface area contributed by atoms with Crippen LogP contribution < -0.4 is 5.32 Å². The number of carbonyl (C=O) groups is 1. The van der Waals surface area contributed by atoms with Gasteiger partial charge in [0.15, 0.2) is 0 Å². The third-order valence-electron chi connectivity index (χ3n) is 3.30. The predicted octanol–water partition coefficient (Wildman–Crippen LogP) is 0.940. The first-order chi connectivity index (χ1) is 8.13. The van der Waals surface area contributed by atoms with E-state index in [2.05, 4.69) is 24.3 Å². The number of aromatic nitrogens is 2. The second kappa shape index (κ2) is 4.87. The molecule has 0 bridgehead atoms. The number of hydrogen-bond donors (Lipinski definition) is 1. The van der Waals surface area contributed by atoms with Crippen molar-refractivity contribution in [3.8, 4) is 0 Å². The van der Waals surface area contributed by atoms with Gasteiger partial charge in [0.25, 0.3) is 0 Å². The largest absolute Gasteiger partial charge is 0.469 e. The Morgan fingerprint density at radius 1 is 1.59 bits per heavy atom. The number of ether oxygens (including phenoxy) is 1. The van der Waals surface area contributed by atoms with E-state index in [0.29, 0.717) is 12.6 Å². The Labute approximate surface area is 101 Å². The van der Waals surface area contributed by atoms with Crippen LogP contribution in [0.4, 0.5) is 0 Å². The molecule has 1 saturated heterocycles. The molecule has 17 heavy (non-hydrogen) atoms. The van der Waals surface area contributed by atoms with Crippen LogP contribution >= 0.6 is 0 Å². The van der Waals surface area contributed by atoms with E-state index in [1.807, 2.05) is 17.1 Å². The Bertz CT molecular complexity index is 400. The Balaban J connectivity index is 2.17. The highest BCUT2D eigenvalue weighted by molar-refractivity contribution is 5.74. The van der Waals surface area contributed by atoms with Gasteiger partial charge in [-0.3, -0.25) is 9.48 Å². The van der Waals surface area contributed by atoms with Crippen LogP contribution in [0.5, 0.6) is 0 Å². The molecule has 0 radical (unpaired) electrons. The summed E-state index contributed by atoms with van der Waals surface area (Å²) in [4.78, 5) is 11.6. The first kappa shape index (κ1) is 12.1. The standard InChI is InChI=1S/C12H19N3O2/c1-8(2)15-7-9(4-14-15)10-5-13-6-11(10)12(16)17-3/h4,7-8,10-11,13H,5-6H2,1-3H3. The molecule has 0 saturated carbocycles. The number of rotatable bonds is 3. The van der Waals surface area contributed by atoms with Crippen molar-refractivity contribution in [2.75, 3.05) is 20.2 Å². The van der Waals surface area contributed by atoms with Crippen LogP contribution in [0.15, 0.2) is 12.4 Å². The van der Waals surface area contributed by atoms with Gasteiger partial charge >= 0.3 is 5.97 Å². The highest BCUT2D eigenvalue weighted by atomic mass is 16.5. The second-order valence-electron chi connectivity index (χ2n) is 4.74. The third kappa shape index (κ3) is 2.34. The van der Waals surface area contributed by atoms with Crippen molar-refractivity contribution in [1.29, 1.82) is 0 Å². The summed E-state index contributed by atoms with van der Waals surface area (Å²) in [6, 6.07) is 0.342. The Morgan fingerprint density at radius 2 is 2.35 bits per heavy atom. The fraction of sp³-hybridized carbons (Fsp3) is 0.667. The number of nitrogens with one attached hydrogen (secondary N) is 1. The number of hydrogen-bond acceptors (Lipinski definition) is 4. The van der Waals surface area contributed by atoms with Crippen LogP contribution in [-0.2, 0) is 9.53 Å². The molecular formula is C12H19N3O2. The minimum Gasteiger partial charge on any atom is -0.469 e. The van der Waals surface area contributed by atoms with E-state index in [0.717, 1.165) is 12.1 Å². The molecule has 5 nitrogen and oxygen atoms in total. The van der Waals surface area contributed by atoms with Crippen molar-refractivity contribution in [3.63, 3.8) is 0 Å². The summed E-state index contributed by atoms with van der Waals surface area (Å²) in [5.41, 5.74) is 1.11. The van der Waals surface area contributed by atoms with Gasteiger partial charge in [-0.15, -0.1) is 0 Å². The summed E-state index contributed by atoms with van der Waals surface area (Å²) in [7, 11) is 1.44. The van der Waals surface area contributed by atoms with Gasteiger partial charge in [-0.1, -0.05) is 0 Å². The monoisotopic (exact) mass is 237 g/mol. The smallest absolute Gasteiger partial charge is 0.310 e. The lowest BCUT2D eigenvalue weighted by atomic mass is 9.91.